The van der Waals surface area contributed by atoms with Crippen molar-refractivity contribution >= 4 is 33.3 Å². The third kappa shape index (κ3) is 4.09. The molecule has 2 amide bonds. The maximum Gasteiger partial charge on any atom is 0.321 e. The SMILES string of the molecule is CCS(=O)(=O)N1CCN(C(=O)Nc2ccc(Cl)cc2)CC1. The molecule has 6 nitrogen and oxygen atoms in total. The highest BCUT2D eigenvalue weighted by atomic mass is 35.5. The number of benzene rings is 1. The van der Waals surface area contributed by atoms with Crippen molar-refractivity contribution in [2.75, 3.05) is 37.2 Å². The number of rotatable bonds is 3. The Morgan fingerprint density at radius 2 is 1.76 bits per heavy atom. The van der Waals surface area contributed by atoms with Crippen LogP contribution in [-0.2, 0) is 10.0 Å². The van der Waals surface area contributed by atoms with Crippen LogP contribution in [-0.4, -0.2) is 55.6 Å². The molecule has 0 radical (unpaired) electrons. The van der Waals surface area contributed by atoms with Crippen molar-refractivity contribution < 1.29 is 13.2 Å². The zero-order valence-corrected chi connectivity index (χ0v) is 13.3. The van der Waals surface area contributed by atoms with Crippen LogP contribution in [0.2, 0.25) is 5.02 Å². The van der Waals surface area contributed by atoms with Crippen molar-refractivity contribution in [3.63, 3.8) is 0 Å². The number of carbonyl (C=O) groups excluding carboxylic acids is 1. The van der Waals surface area contributed by atoms with Crippen LogP contribution in [0, 0.1) is 0 Å². The third-order valence-corrected chi connectivity index (χ3v) is 5.51. The number of hydrogen-bond acceptors (Lipinski definition) is 3. The van der Waals surface area contributed by atoms with Gasteiger partial charge in [-0.25, -0.2) is 13.2 Å². The van der Waals surface area contributed by atoms with E-state index in [1.807, 2.05) is 0 Å². The molecule has 2 rings (SSSR count). The molecule has 1 saturated heterocycles. The third-order valence-electron chi connectivity index (χ3n) is 3.38. The summed E-state index contributed by atoms with van der Waals surface area (Å²) in [6.07, 6.45) is 0. The molecule has 0 spiro atoms. The van der Waals surface area contributed by atoms with Gasteiger partial charge in [0.1, 0.15) is 0 Å². The lowest BCUT2D eigenvalue weighted by Gasteiger charge is -2.33. The van der Waals surface area contributed by atoms with Gasteiger partial charge in [0.25, 0.3) is 0 Å². The zero-order valence-electron chi connectivity index (χ0n) is 11.8. The molecule has 1 aromatic carbocycles. The summed E-state index contributed by atoms with van der Waals surface area (Å²) in [7, 11) is -3.17. The molecule has 1 aliphatic heterocycles. The molecular formula is C13H18ClN3O3S. The highest BCUT2D eigenvalue weighted by Gasteiger charge is 2.27. The summed E-state index contributed by atoms with van der Waals surface area (Å²) in [6, 6.07) is 6.60. The molecule has 1 aromatic rings. The Hall–Kier alpha value is -1.31. The van der Waals surface area contributed by atoms with Crippen molar-refractivity contribution in [2.45, 2.75) is 6.92 Å². The van der Waals surface area contributed by atoms with Gasteiger partial charge < -0.3 is 10.2 Å². The van der Waals surface area contributed by atoms with Crippen LogP contribution in [0.4, 0.5) is 10.5 Å². The van der Waals surface area contributed by atoms with E-state index in [-0.39, 0.29) is 11.8 Å². The fourth-order valence-corrected chi connectivity index (χ4v) is 3.30. The summed E-state index contributed by atoms with van der Waals surface area (Å²) in [5, 5.41) is 3.37. The van der Waals surface area contributed by atoms with E-state index in [1.54, 1.807) is 36.1 Å². The van der Waals surface area contributed by atoms with Crippen LogP contribution in [0.25, 0.3) is 0 Å². The molecule has 0 aliphatic carbocycles. The summed E-state index contributed by atoms with van der Waals surface area (Å²) in [5.41, 5.74) is 0.660. The number of carbonyl (C=O) groups is 1. The number of sulfonamides is 1. The van der Waals surface area contributed by atoms with E-state index in [2.05, 4.69) is 5.32 Å². The number of nitrogens with zero attached hydrogens (tertiary/aromatic N) is 2. The number of hydrogen-bond donors (Lipinski definition) is 1. The van der Waals surface area contributed by atoms with E-state index in [1.165, 1.54) is 4.31 Å². The van der Waals surface area contributed by atoms with Gasteiger partial charge in [-0.15, -0.1) is 0 Å². The standard InChI is InChI=1S/C13H18ClN3O3S/c1-2-21(19,20)17-9-7-16(8-10-17)13(18)15-12-5-3-11(14)4-6-12/h3-6H,2,7-10H2,1H3,(H,15,18). The van der Waals surface area contributed by atoms with Crippen molar-refractivity contribution in [1.82, 2.24) is 9.21 Å². The Balaban J connectivity index is 1.90. The van der Waals surface area contributed by atoms with Gasteiger partial charge in [0.05, 0.1) is 5.75 Å². The number of piperazine rings is 1. The Morgan fingerprint density at radius 3 is 2.29 bits per heavy atom. The topological polar surface area (TPSA) is 69.7 Å². The summed E-state index contributed by atoms with van der Waals surface area (Å²) >= 11 is 5.78. The van der Waals surface area contributed by atoms with E-state index in [4.69, 9.17) is 11.6 Å². The monoisotopic (exact) mass is 331 g/mol. The lowest BCUT2D eigenvalue weighted by atomic mass is 10.3. The molecule has 0 unspecified atom stereocenters. The molecule has 116 valence electrons. The Labute approximate surface area is 129 Å². The van der Waals surface area contributed by atoms with Crippen LogP contribution >= 0.6 is 11.6 Å². The number of urea groups is 1. The van der Waals surface area contributed by atoms with E-state index >= 15 is 0 Å². The first-order chi connectivity index (χ1) is 9.92. The first-order valence-corrected chi connectivity index (χ1v) is 8.70. The second-order valence-corrected chi connectivity index (χ2v) is 7.42. The molecule has 1 aliphatic rings. The minimum absolute atomic E-state index is 0.0873. The van der Waals surface area contributed by atoms with Gasteiger partial charge in [-0.05, 0) is 31.2 Å². The van der Waals surface area contributed by atoms with Gasteiger partial charge in [0.2, 0.25) is 10.0 Å². The molecule has 1 N–H and O–H groups in total. The smallest absolute Gasteiger partial charge is 0.321 e. The summed E-state index contributed by atoms with van der Waals surface area (Å²) in [4.78, 5) is 13.7. The van der Waals surface area contributed by atoms with Gasteiger partial charge in [-0.1, -0.05) is 11.6 Å². The Morgan fingerprint density at radius 1 is 1.19 bits per heavy atom. The second-order valence-electron chi connectivity index (χ2n) is 4.72. The molecule has 0 bridgehead atoms. The molecule has 0 aromatic heterocycles. The highest BCUT2D eigenvalue weighted by Crippen LogP contribution is 2.15. The average molecular weight is 332 g/mol. The first kappa shape index (κ1) is 16.1. The van der Waals surface area contributed by atoms with E-state index < -0.39 is 10.0 Å². The maximum absolute atomic E-state index is 12.1. The van der Waals surface area contributed by atoms with Gasteiger partial charge in [0, 0.05) is 36.9 Å². The van der Waals surface area contributed by atoms with Gasteiger partial charge in [-0.3, -0.25) is 0 Å². The van der Waals surface area contributed by atoms with Crippen LogP contribution in [0.3, 0.4) is 0 Å². The highest BCUT2D eigenvalue weighted by molar-refractivity contribution is 7.89. The zero-order chi connectivity index (χ0) is 15.5. The molecule has 8 heteroatoms. The van der Waals surface area contributed by atoms with Gasteiger partial charge in [-0.2, -0.15) is 4.31 Å². The summed E-state index contributed by atoms with van der Waals surface area (Å²) in [5.74, 6) is 0.0873. The lowest BCUT2D eigenvalue weighted by molar-refractivity contribution is 0.184. The van der Waals surface area contributed by atoms with Gasteiger partial charge >= 0.3 is 6.03 Å². The van der Waals surface area contributed by atoms with Crippen molar-refractivity contribution in [1.29, 1.82) is 0 Å². The van der Waals surface area contributed by atoms with Gasteiger partial charge in [0.15, 0.2) is 0 Å². The van der Waals surface area contributed by atoms with Crippen LogP contribution in [0.5, 0.6) is 0 Å². The quantitative estimate of drug-likeness (QED) is 0.918. The van der Waals surface area contributed by atoms with Crippen LogP contribution in [0.1, 0.15) is 6.92 Å². The molecule has 21 heavy (non-hydrogen) atoms. The maximum atomic E-state index is 12.1. The van der Waals surface area contributed by atoms with E-state index in [0.29, 0.717) is 36.9 Å². The lowest BCUT2D eigenvalue weighted by Crippen LogP contribution is -2.51. The fourth-order valence-electron chi connectivity index (χ4n) is 2.09. The van der Waals surface area contributed by atoms with E-state index in [9.17, 15) is 13.2 Å². The number of halogens is 1. The molecular weight excluding hydrogens is 314 g/mol. The minimum atomic E-state index is -3.17. The normalized spacial score (nSPS) is 16.8. The van der Waals surface area contributed by atoms with E-state index in [0.717, 1.165) is 0 Å². The van der Waals surface area contributed by atoms with Crippen LogP contribution < -0.4 is 5.32 Å². The number of nitrogens with one attached hydrogen (secondary N) is 1. The predicted octanol–water partition coefficient (Wildman–Crippen LogP) is 1.84. The summed E-state index contributed by atoms with van der Waals surface area (Å²) in [6.45, 7) is 3.07. The van der Waals surface area contributed by atoms with Crippen molar-refractivity contribution in [3.05, 3.63) is 29.3 Å². The predicted molar refractivity (Wildman–Crippen MR) is 83.1 cm³/mol. The average Bonchev–Trinajstić information content (AvgIpc) is 2.49. The summed E-state index contributed by atoms with van der Waals surface area (Å²) < 4.78 is 24.9. The number of amides is 2. The van der Waals surface area contributed by atoms with Crippen molar-refractivity contribution in [2.24, 2.45) is 0 Å². The largest absolute Gasteiger partial charge is 0.322 e. The molecule has 0 saturated carbocycles. The minimum Gasteiger partial charge on any atom is -0.322 e. The first-order valence-electron chi connectivity index (χ1n) is 6.71. The molecule has 1 heterocycles. The number of anilines is 1. The second kappa shape index (κ2) is 6.64. The Kier molecular flexibility index (Phi) is 5.08. The molecule has 1 fully saturated rings. The molecule has 0 atom stereocenters. The van der Waals surface area contributed by atoms with Crippen LogP contribution in [0.15, 0.2) is 24.3 Å². The van der Waals surface area contributed by atoms with Crippen molar-refractivity contribution in [3.8, 4) is 0 Å². The fraction of sp³-hybridized carbons (Fsp3) is 0.462. The Bertz CT molecular complexity index is 596.